The number of aromatic amines is 1. The minimum Gasteiger partial charge on any atom is -0.465 e. The predicted octanol–water partition coefficient (Wildman–Crippen LogP) is 9.63. The van der Waals surface area contributed by atoms with Gasteiger partial charge in [-0.1, -0.05) is 71.2 Å². The third kappa shape index (κ3) is 6.30. The van der Waals surface area contributed by atoms with Crippen molar-refractivity contribution in [3.8, 4) is 22.5 Å². The molecule has 2 N–H and O–H groups in total. The van der Waals surface area contributed by atoms with E-state index in [4.69, 9.17) is 44.5 Å². The number of hydrogen-bond donors (Lipinski definition) is 2. The van der Waals surface area contributed by atoms with Gasteiger partial charge in [-0.2, -0.15) is 0 Å². The number of ether oxygens (including phenoxy) is 1. The molecule has 10 nitrogen and oxygen atoms in total. The van der Waals surface area contributed by atoms with Crippen molar-refractivity contribution >= 4 is 74.9 Å². The Morgan fingerprint density at radius 2 is 1.70 bits per heavy atom. The third-order valence-electron chi connectivity index (χ3n) is 11.3. The highest BCUT2D eigenvalue weighted by Gasteiger charge is 2.37. The number of H-pyrrole nitrogens is 1. The van der Waals surface area contributed by atoms with Crippen LogP contribution in [0.5, 0.6) is 0 Å². The number of piperidine rings is 2. The predicted molar refractivity (Wildman–Crippen MR) is 220 cm³/mol. The molecule has 9 rings (SSSR count). The summed E-state index contributed by atoms with van der Waals surface area (Å²) in [5.41, 5.74) is 7.14. The van der Waals surface area contributed by atoms with Gasteiger partial charge in [-0.05, 0) is 79.3 Å². The van der Waals surface area contributed by atoms with Gasteiger partial charge < -0.3 is 29.4 Å². The van der Waals surface area contributed by atoms with Crippen LogP contribution < -0.4 is 10.2 Å². The minimum absolute atomic E-state index is 0.183. The summed E-state index contributed by atoms with van der Waals surface area (Å²) in [4.78, 5) is 53.0. The highest BCUT2D eigenvalue weighted by molar-refractivity contribution is 6.35. The number of amides is 2. The van der Waals surface area contributed by atoms with Gasteiger partial charge in [0.1, 0.15) is 5.69 Å². The fraction of sp³-hybridized carbons (Fsp3) is 0.256. The highest BCUT2D eigenvalue weighted by Crippen LogP contribution is 2.51. The van der Waals surface area contributed by atoms with Crippen molar-refractivity contribution in [2.75, 3.05) is 37.0 Å². The number of halogens is 3. The van der Waals surface area contributed by atoms with Crippen LogP contribution in [-0.2, 0) is 9.53 Å². The summed E-state index contributed by atoms with van der Waals surface area (Å²) < 4.78 is 7.10. The first-order valence-electron chi connectivity index (χ1n) is 18.7. The Labute approximate surface area is 338 Å². The second-order valence-corrected chi connectivity index (χ2v) is 15.8. The maximum Gasteiger partial charge on any atom is 0.337 e. The normalized spacial score (nSPS) is 16.9. The smallest absolute Gasteiger partial charge is 0.337 e. The Balaban J connectivity index is 1.15. The Kier molecular flexibility index (Phi) is 9.51. The molecule has 1 unspecified atom stereocenters. The summed E-state index contributed by atoms with van der Waals surface area (Å²) in [5.74, 6) is -0.695. The number of imidazole rings is 1. The second kappa shape index (κ2) is 14.7. The summed E-state index contributed by atoms with van der Waals surface area (Å²) in [6, 6.07) is 24.0. The van der Waals surface area contributed by atoms with Gasteiger partial charge in [0.2, 0.25) is 5.91 Å². The zero-order valence-electron chi connectivity index (χ0n) is 30.5. The van der Waals surface area contributed by atoms with E-state index in [1.165, 1.54) is 7.11 Å². The SMILES string of the molecule is COC(=O)c1ccc(N2CCC(N3CCCCC3=O)CC2)c(NC(=O)c2[nH]c3cc(Cl)cc4c3c2-c2c(-c3ccccc3)ncn2C4c2ccc(Cl)cc2Cl)c1. The van der Waals surface area contributed by atoms with E-state index >= 15 is 0 Å². The number of aromatic nitrogens is 3. The first-order valence-corrected chi connectivity index (χ1v) is 19.8. The molecule has 0 bridgehead atoms. The number of fused-ring (bicyclic) bond motifs is 2. The van der Waals surface area contributed by atoms with E-state index in [9.17, 15) is 14.4 Å². The van der Waals surface area contributed by atoms with Crippen LogP contribution in [0.1, 0.15) is 70.1 Å². The molecule has 284 valence electrons. The topological polar surface area (TPSA) is 113 Å². The molecular formula is C43H37Cl3N6O4. The van der Waals surface area contributed by atoms with Gasteiger partial charge in [0.15, 0.2) is 0 Å². The Hall–Kier alpha value is -5.29. The fourth-order valence-electron chi connectivity index (χ4n) is 8.73. The Bertz CT molecular complexity index is 2540. The molecule has 13 heteroatoms. The van der Waals surface area contributed by atoms with Crippen LogP contribution in [0, 0.1) is 0 Å². The van der Waals surface area contributed by atoms with Crippen LogP contribution in [0.25, 0.3) is 33.4 Å². The van der Waals surface area contributed by atoms with E-state index in [1.807, 2.05) is 64.1 Å². The van der Waals surface area contributed by atoms with Gasteiger partial charge in [-0.25, -0.2) is 9.78 Å². The molecule has 0 saturated carbocycles. The number of nitrogens with one attached hydrogen (secondary N) is 2. The van der Waals surface area contributed by atoms with Crippen molar-refractivity contribution in [1.29, 1.82) is 0 Å². The van der Waals surface area contributed by atoms with E-state index in [0.717, 1.165) is 65.7 Å². The van der Waals surface area contributed by atoms with Gasteiger partial charge in [0, 0.05) is 69.2 Å². The van der Waals surface area contributed by atoms with Gasteiger partial charge in [-0.15, -0.1) is 0 Å². The molecule has 2 aromatic heterocycles. The average molecular weight is 808 g/mol. The lowest BCUT2D eigenvalue weighted by molar-refractivity contribution is -0.136. The maximum atomic E-state index is 14.9. The van der Waals surface area contributed by atoms with Crippen molar-refractivity contribution in [2.24, 2.45) is 0 Å². The Morgan fingerprint density at radius 1 is 0.893 bits per heavy atom. The van der Waals surface area contributed by atoms with Gasteiger partial charge in [0.25, 0.3) is 5.91 Å². The van der Waals surface area contributed by atoms with E-state index in [2.05, 4.69) is 15.2 Å². The molecule has 2 fully saturated rings. The van der Waals surface area contributed by atoms with Gasteiger partial charge >= 0.3 is 5.97 Å². The molecule has 4 aromatic carbocycles. The number of benzene rings is 4. The number of hydrogen-bond acceptors (Lipinski definition) is 6. The summed E-state index contributed by atoms with van der Waals surface area (Å²) in [7, 11) is 1.33. The Morgan fingerprint density at radius 3 is 2.45 bits per heavy atom. The van der Waals surface area contributed by atoms with Crippen molar-refractivity contribution in [1.82, 2.24) is 19.4 Å². The lowest BCUT2D eigenvalue weighted by Gasteiger charge is -2.41. The van der Waals surface area contributed by atoms with E-state index in [1.54, 1.807) is 30.6 Å². The zero-order chi connectivity index (χ0) is 38.7. The van der Waals surface area contributed by atoms with E-state index < -0.39 is 17.9 Å². The van der Waals surface area contributed by atoms with Crippen LogP contribution in [0.4, 0.5) is 11.4 Å². The molecule has 3 aliphatic heterocycles. The molecule has 0 spiro atoms. The lowest BCUT2D eigenvalue weighted by atomic mass is 9.87. The summed E-state index contributed by atoms with van der Waals surface area (Å²) in [6.45, 7) is 2.17. The summed E-state index contributed by atoms with van der Waals surface area (Å²) in [5, 5.41) is 5.48. The van der Waals surface area contributed by atoms with E-state index in [-0.39, 0.29) is 11.9 Å². The number of nitrogens with zero attached hydrogens (tertiary/aromatic N) is 4. The lowest BCUT2D eigenvalue weighted by Crippen LogP contribution is -2.49. The third-order valence-corrected chi connectivity index (χ3v) is 12.1. The quantitative estimate of drug-likeness (QED) is 0.155. The molecule has 0 aliphatic carbocycles. The number of anilines is 2. The summed E-state index contributed by atoms with van der Waals surface area (Å²) in [6.07, 6.45) is 5.97. The first kappa shape index (κ1) is 36.4. The first-order chi connectivity index (χ1) is 27.2. The molecule has 5 heterocycles. The largest absolute Gasteiger partial charge is 0.465 e. The number of methoxy groups -OCH3 is 1. The molecule has 6 aromatic rings. The summed E-state index contributed by atoms with van der Waals surface area (Å²) >= 11 is 20.1. The molecular weight excluding hydrogens is 771 g/mol. The van der Waals surface area contributed by atoms with Crippen LogP contribution in [-0.4, -0.2) is 70.0 Å². The van der Waals surface area contributed by atoms with Crippen LogP contribution in [0.3, 0.4) is 0 Å². The van der Waals surface area contributed by atoms with Crippen molar-refractivity contribution in [2.45, 2.75) is 44.2 Å². The number of likely N-dealkylation sites (tertiary alicyclic amines) is 1. The molecule has 0 radical (unpaired) electrons. The standard InChI is InChI=1S/C43H37Cl3N6O4/c1-56-43(55)25-10-13-34(50-17-14-28(15-18-50)51-16-6-5-9-35(51)53)32(19-25)49-42(54)39-37-36-30(20-27(45)22-33(36)48-39)40(29-12-11-26(44)21-31(29)46)52-23-47-38(41(37)52)24-7-3-2-4-8-24/h2-4,7-8,10-13,19-23,28,40,48H,5-6,9,14-18H2,1H3,(H,49,54). The van der Waals surface area contributed by atoms with E-state index in [0.29, 0.717) is 68.3 Å². The molecule has 2 amide bonds. The van der Waals surface area contributed by atoms with Gasteiger partial charge in [0.05, 0.1) is 47.8 Å². The molecule has 3 aliphatic rings. The maximum absolute atomic E-state index is 14.9. The van der Waals surface area contributed by atoms with Crippen LogP contribution in [0.15, 0.2) is 85.2 Å². The van der Waals surface area contributed by atoms with Crippen molar-refractivity contribution in [3.05, 3.63) is 123 Å². The number of carbonyl (C=O) groups excluding carboxylic acids is 3. The van der Waals surface area contributed by atoms with Crippen molar-refractivity contribution < 1.29 is 19.1 Å². The highest BCUT2D eigenvalue weighted by atomic mass is 35.5. The molecule has 2 saturated heterocycles. The zero-order valence-corrected chi connectivity index (χ0v) is 32.7. The number of rotatable bonds is 7. The van der Waals surface area contributed by atoms with Gasteiger partial charge in [-0.3, -0.25) is 9.59 Å². The second-order valence-electron chi connectivity index (χ2n) is 14.5. The number of esters is 1. The number of carbonyl (C=O) groups is 3. The molecule has 56 heavy (non-hydrogen) atoms. The van der Waals surface area contributed by atoms with Crippen LogP contribution in [0.2, 0.25) is 15.1 Å². The van der Waals surface area contributed by atoms with Crippen LogP contribution >= 0.6 is 34.8 Å². The minimum atomic E-state index is -0.516. The molecule has 1 atom stereocenters. The fourth-order valence-corrected chi connectivity index (χ4v) is 9.46. The average Bonchev–Trinajstić information content (AvgIpc) is 3.81. The van der Waals surface area contributed by atoms with Crippen molar-refractivity contribution in [3.63, 3.8) is 0 Å². The monoisotopic (exact) mass is 806 g/mol.